The van der Waals surface area contributed by atoms with Crippen LogP contribution in [0.2, 0.25) is 0 Å². The van der Waals surface area contributed by atoms with Crippen LogP contribution in [0, 0.1) is 6.92 Å². The lowest BCUT2D eigenvalue weighted by Gasteiger charge is -2.39. The summed E-state index contributed by atoms with van der Waals surface area (Å²) in [6.07, 6.45) is 7.46. The number of hydrogen-bond acceptors (Lipinski definition) is 3. The second-order valence-electron chi connectivity index (χ2n) is 5.70. The topological polar surface area (TPSA) is 45.5 Å². The van der Waals surface area contributed by atoms with Crippen LogP contribution in [0.4, 0.5) is 0 Å². The fraction of sp³-hybridized carbons (Fsp3) is 0.667. The van der Waals surface area contributed by atoms with Gasteiger partial charge in [-0.1, -0.05) is 0 Å². The average molecular weight is 262 g/mol. The van der Waals surface area contributed by atoms with Crippen molar-refractivity contribution in [3.8, 4) is 0 Å². The van der Waals surface area contributed by atoms with E-state index in [-0.39, 0.29) is 5.91 Å². The Morgan fingerprint density at radius 1 is 1.37 bits per heavy atom. The number of rotatable bonds is 2. The lowest BCUT2D eigenvalue weighted by atomic mass is 9.94. The number of likely N-dealkylation sites (tertiary alicyclic amines) is 1. The van der Waals surface area contributed by atoms with E-state index in [1.807, 2.05) is 17.9 Å². The maximum Gasteiger partial charge on any atom is 0.290 e. The zero-order chi connectivity index (χ0) is 13.2. The van der Waals surface area contributed by atoms with Crippen LogP contribution >= 0.6 is 0 Å². The number of carbonyl (C=O) groups excluding carboxylic acids is 1. The molecule has 1 amide bonds. The van der Waals surface area contributed by atoms with Crippen molar-refractivity contribution >= 4 is 5.91 Å². The molecule has 2 atom stereocenters. The molecule has 0 bridgehead atoms. The molecule has 0 saturated carbocycles. The van der Waals surface area contributed by atoms with Crippen molar-refractivity contribution in [2.24, 2.45) is 0 Å². The van der Waals surface area contributed by atoms with E-state index in [0.29, 0.717) is 17.8 Å². The molecule has 0 spiro atoms. The van der Waals surface area contributed by atoms with E-state index in [0.717, 1.165) is 31.5 Å². The number of amides is 1. The van der Waals surface area contributed by atoms with Crippen molar-refractivity contribution in [1.82, 2.24) is 10.2 Å². The third-order valence-corrected chi connectivity index (χ3v) is 4.43. The summed E-state index contributed by atoms with van der Waals surface area (Å²) in [7, 11) is 0. The summed E-state index contributed by atoms with van der Waals surface area (Å²) in [6.45, 7) is 3.88. The number of nitrogens with one attached hydrogen (secondary N) is 1. The SMILES string of the molecule is Cc1ccoc1C(=O)N1CCCCC1C1CCCN1. The van der Waals surface area contributed by atoms with Crippen LogP contribution in [0.3, 0.4) is 0 Å². The van der Waals surface area contributed by atoms with Crippen LogP contribution in [0.25, 0.3) is 0 Å². The molecule has 2 saturated heterocycles. The standard InChI is InChI=1S/C15H22N2O2/c1-11-7-10-19-14(11)15(18)17-9-3-2-6-13(17)12-5-4-8-16-12/h7,10,12-13,16H,2-6,8-9H2,1H3. The van der Waals surface area contributed by atoms with Crippen LogP contribution in [-0.4, -0.2) is 36.0 Å². The Labute approximate surface area is 114 Å². The summed E-state index contributed by atoms with van der Waals surface area (Å²) in [4.78, 5) is 14.7. The summed E-state index contributed by atoms with van der Waals surface area (Å²) in [5.74, 6) is 0.589. The first-order valence-electron chi connectivity index (χ1n) is 7.36. The van der Waals surface area contributed by atoms with Gasteiger partial charge in [-0.2, -0.15) is 0 Å². The first kappa shape index (κ1) is 12.7. The van der Waals surface area contributed by atoms with Gasteiger partial charge < -0.3 is 14.6 Å². The van der Waals surface area contributed by atoms with Crippen molar-refractivity contribution in [3.05, 3.63) is 23.7 Å². The Hall–Kier alpha value is -1.29. The van der Waals surface area contributed by atoms with E-state index in [2.05, 4.69) is 5.32 Å². The molecular weight excluding hydrogens is 240 g/mol. The predicted molar refractivity (Wildman–Crippen MR) is 73.1 cm³/mol. The Morgan fingerprint density at radius 3 is 2.95 bits per heavy atom. The largest absolute Gasteiger partial charge is 0.459 e. The monoisotopic (exact) mass is 262 g/mol. The van der Waals surface area contributed by atoms with Crippen molar-refractivity contribution in [3.63, 3.8) is 0 Å². The molecule has 4 heteroatoms. The second-order valence-corrected chi connectivity index (χ2v) is 5.70. The molecule has 0 aromatic carbocycles. The smallest absolute Gasteiger partial charge is 0.290 e. The van der Waals surface area contributed by atoms with Crippen molar-refractivity contribution in [1.29, 1.82) is 0 Å². The summed E-state index contributed by atoms with van der Waals surface area (Å²) >= 11 is 0. The van der Waals surface area contributed by atoms with Crippen LogP contribution in [0.1, 0.15) is 48.2 Å². The number of nitrogens with zero attached hydrogens (tertiary/aromatic N) is 1. The maximum atomic E-state index is 12.7. The quantitative estimate of drug-likeness (QED) is 0.889. The van der Waals surface area contributed by atoms with Gasteiger partial charge in [0.1, 0.15) is 0 Å². The molecule has 3 rings (SSSR count). The summed E-state index contributed by atoms with van der Waals surface area (Å²) in [5.41, 5.74) is 0.939. The van der Waals surface area contributed by atoms with Gasteiger partial charge in [0.05, 0.1) is 6.26 Å². The molecular formula is C15H22N2O2. The van der Waals surface area contributed by atoms with Crippen LogP contribution in [-0.2, 0) is 0 Å². The van der Waals surface area contributed by atoms with Gasteiger partial charge in [-0.3, -0.25) is 4.79 Å². The van der Waals surface area contributed by atoms with E-state index in [9.17, 15) is 4.79 Å². The normalized spacial score (nSPS) is 27.7. The molecule has 0 aliphatic carbocycles. The molecule has 4 nitrogen and oxygen atoms in total. The van der Waals surface area contributed by atoms with Gasteiger partial charge in [0.15, 0.2) is 5.76 Å². The Morgan fingerprint density at radius 2 is 2.26 bits per heavy atom. The van der Waals surface area contributed by atoms with Gasteiger partial charge in [0, 0.05) is 24.2 Å². The number of furan rings is 1. The number of aryl methyl sites for hydroxylation is 1. The molecule has 2 fully saturated rings. The summed E-state index contributed by atoms with van der Waals surface area (Å²) < 4.78 is 5.38. The molecule has 3 heterocycles. The molecule has 1 N–H and O–H groups in total. The minimum atomic E-state index is 0.0703. The fourth-order valence-electron chi connectivity index (χ4n) is 3.39. The molecule has 19 heavy (non-hydrogen) atoms. The van der Waals surface area contributed by atoms with Crippen molar-refractivity contribution in [2.45, 2.75) is 51.1 Å². The Balaban J connectivity index is 1.80. The third kappa shape index (κ3) is 2.41. The average Bonchev–Trinajstić information content (AvgIpc) is 3.09. The van der Waals surface area contributed by atoms with Gasteiger partial charge >= 0.3 is 0 Å². The van der Waals surface area contributed by atoms with Crippen molar-refractivity contribution < 1.29 is 9.21 Å². The van der Waals surface area contributed by atoms with Gasteiger partial charge in [0.25, 0.3) is 5.91 Å². The zero-order valence-electron chi connectivity index (χ0n) is 11.5. The van der Waals surface area contributed by atoms with Gasteiger partial charge in [-0.15, -0.1) is 0 Å². The second kappa shape index (κ2) is 5.37. The number of piperidine rings is 1. The van der Waals surface area contributed by atoms with Crippen LogP contribution in [0.15, 0.2) is 16.7 Å². The lowest BCUT2D eigenvalue weighted by molar-refractivity contribution is 0.0530. The fourth-order valence-corrected chi connectivity index (χ4v) is 3.39. The first-order chi connectivity index (χ1) is 9.27. The highest BCUT2D eigenvalue weighted by molar-refractivity contribution is 5.93. The minimum Gasteiger partial charge on any atom is -0.459 e. The van der Waals surface area contributed by atoms with Crippen LogP contribution in [0.5, 0.6) is 0 Å². The van der Waals surface area contributed by atoms with Crippen molar-refractivity contribution in [2.75, 3.05) is 13.1 Å². The molecule has 0 radical (unpaired) electrons. The number of carbonyl (C=O) groups is 1. The molecule has 2 aliphatic heterocycles. The van der Waals surface area contributed by atoms with E-state index in [1.54, 1.807) is 6.26 Å². The Bertz CT molecular complexity index is 449. The zero-order valence-corrected chi connectivity index (χ0v) is 11.5. The third-order valence-electron chi connectivity index (χ3n) is 4.43. The predicted octanol–water partition coefficient (Wildman–Crippen LogP) is 2.33. The molecule has 104 valence electrons. The van der Waals surface area contributed by atoms with E-state index < -0.39 is 0 Å². The highest BCUT2D eigenvalue weighted by atomic mass is 16.3. The van der Waals surface area contributed by atoms with Gasteiger partial charge in [0.2, 0.25) is 0 Å². The molecule has 2 unspecified atom stereocenters. The number of hydrogen-bond donors (Lipinski definition) is 1. The Kier molecular flexibility index (Phi) is 3.60. The van der Waals surface area contributed by atoms with Gasteiger partial charge in [-0.25, -0.2) is 0 Å². The summed E-state index contributed by atoms with van der Waals surface area (Å²) in [5, 5.41) is 3.55. The van der Waals surface area contributed by atoms with Gasteiger partial charge in [-0.05, 0) is 51.6 Å². The van der Waals surface area contributed by atoms with Crippen LogP contribution < -0.4 is 5.32 Å². The summed E-state index contributed by atoms with van der Waals surface area (Å²) in [6, 6.07) is 2.67. The van der Waals surface area contributed by atoms with E-state index in [4.69, 9.17) is 4.42 Å². The van der Waals surface area contributed by atoms with E-state index in [1.165, 1.54) is 19.3 Å². The maximum absolute atomic E-state index is 12.7. The molecule has 1 aromatic rings. The highest BCUT2D eigenvalue weighted by Crippen LogP contribution is 2.26. The molecule has 1 aromatic heterocycles. The first-order valence-corrected chi connectivity index (χ1v) is 7.36. The minimum absolute atomic E-state index is 0.0703. The lowest BCUT2D eigenvalue weighted by Crippen LogP contribution is -2.52. The molecule has 2 aliphatic rings. The van der Waals surface area contributed by atoms with E-state index >= 15 is 0 Å². The highest BCUT2D eigenvalue weighted by Gasteiger charge is 2.35.